The van der Waals surface area contributed by atoms with Gasteiger partial charge in [-0.2, -0.15) is 0 Å². The highest BCUT2D eigenvalue weighted by Crippen LogP contribution is 2.29. The maximum absolute atomic E-state index is 10.8. The molecule has 1 aromatic carbocycles. The standard InChI is InChI=1S/C15H20O3/c1-10-7-12(9-16)8-11(2)15(10)18-14-6-4-3-5-13(14)17/h7-9,13-14,17H,3-6H2,1-2H3. The van der Waals surface area contributed by atoms with Crippen LogP contribution in [0.15, 0.2) is 12.1 Å². The summed E-state index contributed by atoms with van der Waals surface area (Å²) in [6.45, 7) is 3.87. The van der Waals surface area contributed by atoms with Crippen LogP contribution in [-0.2, 0) is 0 Å². The number of hydrogen-bond acceptors (Lipinski definition) is 3. The number of hydrogen-bond donors (Lipinski definition) is 1. The summed E-state index contributed by atoms with van der Waals surface area (Å²) in [5, 5.41) is 9.93. The predicted octanol–water partition coefficient (Wildman–Crippen LogP) is 2.80. The molecule has 3 nitrogen and oxygen atoms in total. The van der Waals surface area contributed by atoms with E-state index in [4.69, 9.17) is 4.74 Å². The van der Waals surface area contributed by atoms with Crippen LogP contribution < -0.4 is 4.74 Å². The van der Waals surface area contributed by atoms with Gasteiger partial charge in [-0.25, -0.2) is 0 Å². The lowest BCUT2D eigenvalue weighted by Gasteiger charge is -2.29. The van der Waals surface area contributed by atoms with Crippen LogP contribution in [0.2, 0.25) is 0 Å². The molecule has 18 heavy (non-hydrogen) atoms. The molecule has 1 aliphatic rings. The average molecular weight is 248 g/mol. The van der Waals surface area contributed by atoms with Crippen LogP contribution in [-0.4, -0.2) is 23.6 Å². The third kappa shape index (κ3) is 2.72. The Hall–Kier alpha value is -1.35. The molecule has 2 unspecified atom stereocenters. The van der Waals surface area contributed by atoms with Gasteiger partial charge in [0.15, 0.2) is 0 Å². The topological polar surface area (TPSA) is 46.5 Å². The van der Waals surface area contributed by atoms with Crippen LogP contribution >= 0.6 is 0 Å². The Bertz CT molecular complexity index is 416. The van der Waals surface area contributed by atoms with Crippen molar-refractivity contribution in [2.24, 2.45) is 0 Å². The third-order valence-electron chi connectivity index (χ3n) is 3.56. The molecule has 0 bridgehead atoms. The van der Waals surface area contributed by atoms with Crippen molar-refractivity contribution in [3.8, 4) is 5.75 Å². The van der Waals surface area contributed by atoms with E-state index in [1.165, 1.54) is 0 Å². The van der Waals surface area contributed by atoms with Gasteiger partial charge >= 0.3 is 0 Å². The van der Waals surface area contributed by atoms with Crippen LogP contribution in [0.25, 0.3) is 0 Å². The Morgan fingerprint density at radius 1 is 1.22 bits per heavy atom. The predicted molar refractivity (Wildman–Crippen MR) is 70.2 cm³/mol. The second-order valence-electron chi connectivity index (χ2n) is 5.11. The van der Waals surface area contributed by atoms with Crippen LogP contribution in [0.5, 0.6) is 5.75 Å². The lowest BCUT2D eigenvalue weighted by molar-refractivity contribution is 0.00620. The molecule has 2 rings (SSSR count). The number of rotatable bonds is 3. The number of carbonyl (C=O) groups is 1. The highest BCUT2D eigenvalue weighted by atomic mass is 16.5. The van der Waals surface area contributed by atoms with Gasteiger partial charge in [0.05, 0.1) is 6.10 Å². The molecule has 3 heteroatoms. The van der Waals surface area contributed by atoms with Gasteiger partial charge in [0, 0.05) is 5.56 Å². The molecule has 0 heterocycles. The van der Waals surface area contributed by atoms with Gasteiger partial charge in [0.2, 0.25) is 0 Å². The summed E-state index contributed by atoms with van der Waals surface area (Å²) in [7, 11) is 0. The number of aliphatic hydroxyl groups is 1. The van der Waals surface area contributed by atoms with Crippen molar-refractivity contribution >= 4 is 6.29 Å². The normalized spacial score (nSPS) is 23.7. The third-order valence-corrected chi connectivity index (χ3v) is 3.56. The number of aldehydes is 1. The van der Waals surface area contributed by atoms with E-state index in [0.29, 0.717) is 5.56 Å². The van der Waals surface area contributed by atoms with E-state index in [-0.39, 0.29) is 12.2 Å². The molecular weight excluding hydrogens is 228 g/mol. The largest absolute Gasteiger partial charge is 0.487 e. The zero-order chi connectivity index (χ0) is 13.1. The summed E-state index contributed by atoms with van der Waals surface area (Å²) in [5.41, 5.74) is 2.58. The molecule has 0 aliphatic heterocycles. The zero-order valence-corrected chi connectivity index (χ0v) is 11.0. The van der Waals surface area contributed by atoms with E-state index in [1.807, 2.05) is 26.0 Å². The number of aliphatic hydroxyl groups excluding tert-OH is 1. The Balaban J connectivity index is 2.20. The van der Waals surface area contributed by atoms with Gasteiger partial charge in [0.25, 0.3) is 0 Å². The summed E-state index contributed by atoms with van der Waals surface area (Å²) in [4.78, 5) is 10.8. The van der Waals surface area contributed by atoms with Crippen molar-refractivity contribution in [2.75, 3.05) is 0 Å². The zero-order valence-electron chi connectivity index (χ0n) is 11.0. The van der Waals surface area contributed by atoms with E-state index < -0.39 is 0 Å². The lowest BCUT2D eigenvalue weighted by atomic mass is 9.94. The highest BCUT2D eigenvalue weighted by molar-refractivity contribution is 5.76. The lowest BCUT2D eigenvalue weighted by Crippen LogP contribution is -2.35. The molecular formula is C15H20O3. The number of aryl methyl sites for hydroxylation is 2. The molecule has 1 N–H and O–H groups in total. The number of benzene rings is 1. The minimum absolute atomic E-state index is 0.113. The maximum Gasteiger partial charge on any atom is 0.150 e. The molecule has 1 aliphatic carbocycles. The minimum atomic E-state index is -0.372. The summed E-state index contributed by atoms with van der Waals surface area (Å²) >= 11 is 0. The van der Waals surface area contributed by atoms with Crippen LogP contribution in [0.3, 0.4) is 0 Å². The van der Waals surface area contributed by atoms with Crippen LogP contribution in [0.1, 0.15) is 47.2 Å². The summed E-state index contributed by atoms with van der Waals surface area (Å²) in [6, 6.07) is 3.65. The molecule has 0 saturated heterocycles. The van der Waals surface area contributed by atoms with Crippen LogP contribution in [0, 0.1) is 13.8 Å². The van der Waals surface area contributed by atoms with Crippen molar-refractivity contribution in [3.63, 3.8) is 0 Å². The van der Waals surface area contributed by atoms with E-state index in [0.717, 1.165) is 48.8 Å². The molecule has 1 fully saturated rings. The first-order valence-corrected chi connectivity index (χ1v) is 6.53. The molecule has 0 amide bonds. The van der Waals surface area contributed by atoms with Crippen LogP contribution in [0.4, 0.5) is 0 Å². The fourth-order valence-corrected chi connectivity index (χ4v) is 2.60. The molecule has 0 spiro atoms. The van der Waals surface area contributed by atoms with Gasteiger partial charge in [-0.1, -0.05) is 6.42 Å². The van der Waals surface area contributed by atoms with Gasteiger partial charge in [0.1, 0.15) is 18.1 Å². The van der Waals surface area contributed by atoms with Gasteiger partial charge in [-0.15, -0.1) is 0 Å². The van der Waals surface area contributed by atoms with E-state index in [2.05, 4.69) is 0 Å². The first-order chi connectivity index (χ1) is 8.61. The monoisotopic (exact) mass is 248 g/mol. The molecule has 98 valence electrons. The van der Waals surface area contributed by atoms with Gasteiger partial charge in [-0.3, -0.25) is 4.79 Å². The van der Waals surface area contributed by atoms with Crippen molar-refractivity contribution in [1.82, 2.24) is 0 Å². The smallest absolute Gasteiger partial charge is 0.150 e. The first-order valence-electron chi connectivity index (χ1n) is 6.53. The summed E-state index contributed by atoms with van der Waals surface area (Å²) in [5.74, 6) is 0.812. The molecule has 2 atom stereocenters. The Morgan fingerprint density at radius 3 is 2.39 bits per heavy atom. The second kappa shape index (κ2) is 5.53. The quantitative estimate of drug-likeness (QED) is 0.837. The SMILES string of the molecule is Cc1cc(C=O)cc(C)c1OC1CCCCC1O. The van der Waals surface area contributed by atoms with Crippen molar-refractivity contribution in [3.05, 3.63) is 28.8 Å². The van der Waals surface area contributed by atoms with Gasteiger partial charge < -0.3 is 9.84 Å². The van der Waals surface area contributed by atoms with E-state index in [1.54, 1.807) is 0 Å². The summed E-state index contributed by atoms with van der Waals surface area (Å²) < 4.78 is 5.96. The average Bonchev–Trinajstić information content (AvgIpc) is 2.35. The Labute approximate surface area is 108 Å². The van der Waals surface area contributed by atoms with Gasteiger partial charge in [-0.05, 0) is 56.4 Å². The van der Waals surface area contributed by atoms with Crippen molar-refractivity contribution < 1.29 is 14.6 Å². The second-order valence-corrected chi connectivity index (χ2v) is 5.11. The Morgan fingerprint density at radius 2 is 1.83 bits per heavy atom. The van der Waals surface area contributed by atoms with E-state index in [9.17, 15) is 9.90 Å². The fraction of sp³-hybridized carbons (Fsp3) is 0.533. The Kier molecular flexibility index (Phi) is 4.02. The van der Waals surface area contributed by atoms with Crippen molar-refractivity contribution in [2.45, 2.75) is 51.7 Å². The fourth-order valence-electron chi connectivity index (χ4n) is 2.60. The van der Waals surface area contributed by atoms with Crippen molar-refractivity contribution in [1.29, 1.82) is 0 Å². The number of carbonyl (C=O) groups excluding carboxylic acids is 1. The molecule has 0 aromatic heterocycles. The maximum atomic E-state index is 10.8. The van der Waals surface area contributed by atoms with E-state index >= 15 is 0 Å². The highest BCUT2D eigenvalue weighted by Gasteiger charge is 2.25. The molecule has 0 radical (unpaired) electrons. The minimum Gasteiger partial charge on any atom is -0.487 e. The summed E-state index contributed by atoms with van der Waals surface area (Å²) in [6.07, 6.45) is 4.25. The molecule has 1 aromatic rings. The molecule has 1 saturated carbocycles. The first kappa shape index (κ1) is 13.1. The number of ether oxygens (including phenoxy) is 1.